The first-order chi connectivity index (χ1) is 11.1. The van der Waals surface area contributed by atoms with E-state index in [1.165, 1.54) is 22.3 Å². The summed E-state index contributed by atoms with van der Waals surface area (Å²) < 4.78 is 0. The van der Waals surface area contributed by atoms with E-state index >= 15 is 0 Å². The van der Waals surface area contributed by atoms with Gasteiger partial charge in [-0.3, -0.25) is 0 Å². The predicted molar refractivity (Wildman–Crippen MR) is 102 cm³/mol. The SMILES string of the molecule is CC(=C=Cc1ccccc1)CC(C)CC(C)=Cc1ccccc1. The van der Waals surface area contributed by atoms with Crippen LogP contribution in [0.2, 0.25) is 0 Å². The van der Waals surface area contributed by atoms with Crippen LogP contribution >= 0.6 is 0 Å². The Bertz CT molecular complexity index is 683. The van der Waals surface area contributed by atoms with Crippen LogP contribution in [0.15, 0.2) is 77.5 Å². The zero-order chi connectivity index (χ0) is 16.5. The standard InChI is InChI=1S/C23H26/c1-19(14-15-22-10-6-4-7-11-22)16-20(2)17-21(3)18-23-12-8-5-9-13-23/h4-13,15,18,20H,16-17H2,1-3H3. The van der Waals surface area contributed by atoms with Gasteiger partial charge in [0.2, 0.25) is 0 Å². The Morgan fingerprint density at radius 3 is 2.04 bits per heavy atom. The molecule has 0 radical (unpaired) electrons. The molecule has 0 bridgehead atoms. The highest BCUT2D eigenvalue weighted by molar-refractivity contribution is 5.52. The minimum atomic E-state index is 0.631. The first kappa shape index (κ1) is 17.1. The lowest BCUT2D eigenvalue weighted by Crippen LogP contribution is -1.96. The van der Waals surface area contributed by atoms with E-state index in [0.29, 0.717) is 5.92 Å². The Labute approximate surface area is 140 Å². The van der Waals surface area contributed by atoms with E-state index in [4.69, 9.17) is 0 Å². The lowest BCUT2D eigenvalue weighted by molar-refractivity contribution is 0.573. The highest BCUT2D eigenvalue weighted by atomic mass is 14.1. The van der Waals surface area contributed by atoms with Gasteiger partial charge in [0, 0.05) is 0 Å². The molecule has 0 fully saturated rings. The van der Waals surface area contributed by atoms with E-state index < -0.39 is 0 Å². The van der Waals surface area contributed by atoms with Gasteiger partial charge in [0.25, 0.3) is 0 Å². The van der Waals surface area contributed by atoms with Crippen molar-refractivity contribution in [2.45, 2.75) is 33.6 Å². The van der Waals surface area contributed by atoms with Gasteiger partial charge in [0.05, 0.1) is 0 Å². The van der Waals surface area contributed by atoms with Crippen molar-refractivity contribution in [2.75, 3.05) is 0 Å². The molecule has 0 N–H and O–H groups in total. The summed E-state index contributed by atoms with van der Waals surface area (Å²) >= 11 is 0. The second kappa shape index (κ2) is 8.98. The smallest absolute Gasteiger partial charge is 0.0128 e. The van der Waals surface area contributed by atoms with Crippen LogP contribution in [0, 0.1) is 5.92 Å². The van der Waals surface area contributed by atoms with Crippen molar-refractivity contribution in [3.05, 3.63) is 88.7 Å². The average Bonchev–Trinajstić information content (AvgIpc) is 2.54. The summed E-state index contributed by atoms with van der Waals surface area (Å²) in [6, 6.07) is 20.9. The molecular formula is C23H26. The molecule has 0 saturated heterocycles. The Balaban J connectivity index is 1.92. The Kier molecular flexibility index (Phi) is 6.66. The van der Waals surface area contributed by atoms with E-state index in [0.717, 1.165) is 12.8 Å². The zero-order valence-electron chi connectivity index (χ0n) is 14.4. The lowest BCUT2D eigenvalue weighted by atomic mass is 9.94. The number of allylic oxidation sites excluding steroid dienone is 2. The number of benzene rings is 2. The Hall–Kier alpha value is -2.30. The second-order valence-electron chi connectivity index (χ2n) is 6.39. The third-order valence-corrected chi connectivity index (χ3v) is 3.82. The maximum absolute atomic E-state index is 3.42. The van der Waals surface area contributed by atoms with Gasteiger partial charge in [-0.25, -0.2) is 0 Å². The fraction of sp³-hybridized carbons (Fsp3) is 0.261. The molecule has 118 valence electrons. The fourth-order valence-electron chi connectivity index (χ4n) is 2.85. The summed E-state index contributed by atoms with van der Waals surface area (Å²) in [4.78, 5) is 0. The maximum atomic E-state index is 3.42. The van der Waals surface area contributed by atoms with E-state index in [1.807, 2.05) is 6.07 Å². The molecular weight excluding hydrogens is 276 g/mol. The molecule has 2 aromatic carbocycles. The molecule has 0 aliphatic heterocycles. The Morgan fingerprint density at radius 2 is 1.43 bits per heavy atom. The van der Waals surface area contributed by atoms with Crippen LogP contribution in [0.1, 0.15) is 44.7 Å². The molecule has 0 heteroatoms. The third-order valence-electron chi connectivity index (χ3n) is 3.82. The van der Waals surface area contributed by atoms with Crippen molar-refractivity contribution in [2.24, 2.45) is 5.92 Å². The molecule has 0 nitrogen and oxygen atoms in total. The number of hydrogen-bond acceptors (Lipinski definition) is 0. The molecule has 1 unspecified atom stereocenters. The lowest BCUT2D eigenvalue weighted by Gasteiger charge is -2.11. The normalized spacial score (nSPS) is 12.4. The Morgan fingerprint density at radius 1 is 0.870 bits per heavy atom. The number of rotatable bonds is 6. The van der Waals surface area contributed by atoms with Crippen molar-refractivity contribution in [3.8, 4) is 0 Å². The van der Waals surface area contributed by atoms with Crippen molar-refractivity contribution >= 4 is 12.2 Å². The molecule has 0 spiro atoms. The first-order valence-electron chi connectivity index (χ1n) is 8.33. The monoisotopic (exact) mass is 302 g/mol. The van der Waals surface area contributed by atoms with Crippen LogP contribution in [0.25, 0.3) is 12.2 Å². The zero-order valence-corrected chi connectivity index (χ0v) is 14.4. The molecule has 2 aromatic rings. The van der Waals surface area contributed by atoms with Crippen molar-refractivity contribution < 1.29 is 0 Å². The minimum Gasteiger partial charge on any atom is -0.121 e. The summed E-state index contributed by atoms with van der Waals surface area (Å²) in [5.41, 5.74) is 8.67. The molecule has 0 saturated carbocycles. The molecule has 0 heterocycles. The van der Waals surface area contributed by atoms with Crippen LogP contribution in [0.5, 0.6) is 0 Å². The molecule has 0 aliphatic carbocycles. The van der Waals surface area contributed by atoms with Gasteiger partial charge in [-0.1, -0.05) is 79.2 Å². The van der Waals surface area contributed by atoms with Gasteiger partial charge < -0.3 is 0 Å². The summed E-state index contributed by atoms with van der Waals surface area (Å²) in [7, 11) is 0. The molecule has 2 rings (SSSR count). The van der Waals surface area contributed by atoms with Gasteiger partial charge in [-0.2, -0.15) is 0 Å². The van der Waals surface area contributed by atoms with E-state index in [1.54, 1.807) is 0 Å². The van der Waals surface area contributed by atoms with E-state index in [-0.39, 0.29) is 0 Å². The van der Waals surface area contributed by atoms with E-state index in [9.17, 15) is 0 Å². The van der Waals surface area contributed by atoms with Crippen LogP contribution in [0.4, 0.5) is 0 Å². The summed E-state index contributed by atoms with van der Waals surface area (Å²) in [5.74, 6) is 0.631. The summed E-state index contributed by atoms with van der Waals surface area (Å²) in [6.45, 7) is 6.71. The van der Waals surface area contributed by atoms with Gasteiger partial charge in [-0.15, -0.1) is 5.73 Å². The molecule has 23 heavy (non-hydrogen) atoms. The molecule has 0 aliphatic rings. The van der Waals surface area contributed by atoms with Crippen molar-refractivity contribution in [1.82, 2.24) is 0 Å². The van der Waals surface area contributed by atoms with Crippen LogP contribution in [0.3, 0.4) is 0 Å². The highest BCUT2D eigenvalue weighted by Crippen LogP contribution is 2.20. The van der Waals surface area contributed by atoms with E-state index in [2.05, 4.69) is 93.3 Å². The molecule has 1 atom stereocenters. The van der Waals surface area contributed by atoms with Gasteiger partial charge in [0.1, 0.15) is 0 Å². The average molecular weight is 302 g/mol. The van der Waals surface area contributed by atoms with Gasteiger partial charge >= 0.3 is 0 Å². The van der Waals surface area contributed by atoms with Gasteiger partial charge in [-0.05, 0) is 55.4 Å². The van der Waals surface area contributed by atoms with Crippen LogP contribution < -0.4 is 0 Å². The molecule has 0 amide bonds. The minimum absolute atomic E-state index is 0.631. The topological polar surface area (TPSA) is 0 Å². The third kappa shape index (κ3) is 6.55. The van der Waals surface area contributed by atoms with Crippen molar-refractivity contribution in [3.63, 3.8) is 0 Å². The maximum Gasteiger partial charge on any atom is -0.0128 e. The second-order valence-corrected chi connectivity index (χ2v) is 6.39. The fourth-order valence-corrected chi connectivity index (χ4v) is 2.85. The largest absolute Gasteiger partial charge is 0.121 e. The van der Waals surface area contributed by atoms with Crippen LogP contribution in [-0.4, -0.2) is 0 Å². The van der Waals surface area contributed by atoms with Gasteiger partial charge in [0.15, 0.2) is 0 Å². The first-order valence-corrected chi connectivity index (χ1v) is 8.33. The van der Waals surface area contributed by atoms with Crippen LogP contribution in [-0.2, 0) is 0 Å². The number of hydrogen-bond donors (Lipinski definition) is 0. The quantitative estimate of drug-likeness (QED) is 0.517. The summed E-state index contributed by atoms with van der Waals surface area (Å²) in [6.07, 6.45) is 6.58. The molecule has 0 aromatic heterocycles. The summed E-state index contributed by atoms with van der Waals surface area (Å²) in [5, 5.41) is 0. The van der Waals surface area contributed by atoms with Crippen molar-refractivity contribution in [1.29, 1.82) is 0 Å². The predicted octanol–water partition coefficient (Wildman–Crippen LogP) is 6.76. The highest BCUT2D eigenvalue weighted by Gasteiger charge is 2.04.